The minimum absolute atomic E-state index is 0.383. The first-order valence-electron chi connectivity index (χ1n) is 8.13. The number of aliphatic hydroxyl groups is 1. The van der Waals surface area contributed by atoms with Gasteiger partial charge < -0.3 is 14.6 Å². The predicted molar refractivity (Wildman–Crippen MR) is 86.7 cm³/mol. The normalized spacial score (nSPS) is 15.9. The third-order valence-electron chi connectivity index (χ3n) is 4.12. The maximum atomic E-state index is 9.81. The molecule has 0 aliphatic carbocycles. The number of nitrogens with zero attached hydrogens (tertiary/aromatic N) is 4. The van der Waals surface area contributed by atoms with Crippen molar-refractivity contribution in [2.75, 3.05) is 11.4 Å². The van der Waals surface area contributed by atoms with E-state index in [9.17, 15) is 5.11 Å². The van der Waals surface area contributed by atoms with E-state index in [2.05, 4.69) is 31.8 Å². The summed E-state index contributed by atoms with van der Waals surface area (Å²) in [5.74, 6) is 2.11. The lowest BCUT2D eigenvalue weighted by Crippen LogP contribution is -2.31. The Kier molecular flexibility index (Phi) is 4.73. The van der Waals surface area contributed by atoms with Crippen LogP contribution in [-0.2, 0) is 19.5 Å². The molecule has 0 saturated carbocycles. The van der Waals surface area contributed by atoms with Crippen LogP contribution in [0.25, 0.3) is 0 Å². The molecule has 5 heteroatoms. The lowest BCUT2D eigenvalue weighted by atomic mass is 10.2. The van der Waals surface area contributed by atoms with Gasteiger partial charge in [-0.05, 0) is 31.9 Å². The second-order valence-electron chi connectivity index (χ2n) is 6.06. The maximum Gasteiger partial charge on any atom is 0.152 e. The molecule has 1 atom stereocenters. The third kappa shape index (κ3) is 3.47. The van der Waals surface area contributed by atoms with Gasteiger partial charge in [0.2, 0.25) is 0 Å². The first-order chi connectivity index (χ1) is 10.7. The van der Waals surface area contributed by atoms with Crippen molar-refractivity contribution in [3.63, 3.8) is 0 Å². The van der Waals surface area contributed by atoms with Gasteiger partial charge in [0.05, 0.1) is 12.6 Å². The average molecular weight is 300 g/mol. The van der Waals surface area contributed by atoms with Crippen LogP contribution >= 0.6 is 0 Å². The lowest BCUT2D eigenvalue weighted by molar-refractivity contribution is 0.199. The molecule has 2 aromatic rings. The molecule has 1 aliphatic rings. The molecule has 1 aromatic heterocycles. The molecule has 0 saturated heterocycles. The van der Waals surface area contributed by atoms with Gasteiger partial charge in [-0.25, -0.2) is 0 Å². The summed E-state index contributed by atoms with van der Waals surface area (Å²) < 4.78 is 2.27. The van der Waals surface area contributed by atoms with Gasteiger partial charge in [0.25, 0.3) is 0 Å². The van der Waals surface area contributed by atoms with E-state index in [1.807, 2.05) is 25.1 Å². The van der Waals surface area contributed by atoms with E-state index >= 15 is 0 Å². The summed E-state index contributed by atoms with van der Waals surface area (Å²) in [5.41, 5.74) is 1.11. The number of aliphatic hydroxyl groups excluding tert-OH is 1. The van der Waals surface area contributed by atoms with Gasteiger partial charge in [-0.3, -0.25) is 0 Å². The van der Waals surface area contributed by atoms with Crippen molar-refractivity contribution in [1.29, 1.82) is 0 Å². The van der Waals surface area contributed by atoms with Gasteiger partial charge >= 0.3 is 0 Å². The summed E-state index contributed by atoms with van der Waals surface area (Å²) in [6.45, 7) is 4.10. The fourth-order valence-corrected chi connectivity index (χ4v) is 3.05. The Morgan fingerprint density at radius 3 is 2.77 bits per heavy atom. The molecule has 0 spiro atoms. The highest BCUT2D eigenvalue weighted by Gasteiger charge is 2.18. The fraction of sp³-hybridized carbons (Fsp3) is 0.529. The molecular formula is C17H24N4O. The zero-order valence-electron chi connectivity index (χ0n) is 13.1. The maximum absolute atomic E-state index is 9.81. The zero-order valence-corrected chi connectivity index (χ0v) is 13.1. The molecule has 2 heterocycles. The van der Waals surface area contributed by atoms with Crippen molar-refractivity contribution in [3.8, 4) is 0 Å². The molecule has 118 valence electrons. The fourth-order valence-electron chi connectivity index (χ4n) is 3.05. The standard InChI is InChI=1S/C17H24N4O/c1-14(22)12-20(15-8-4-2-5-9-15)13-17-19-18-16-10-6-3-7-11-21(16)17/h2,4-5,8-9,14,22H,3,6-7,10-13H2,1H3/t14-/m1/s1. The molecule has 0 bridgehead atoms. The Morgan fingerprint density at radius 1 is 1.18 bits per heavy atom. The number of benzene rings is 1. The molecule has 0 amide bonds. The minimum Gasteiger partial charge on any atom is -0.392 e. The summed E-state index contributed by atoms with van der Waals surface area (Å²) in [6.07, 6.45) is 4.30. The first kappa shape index (κ1) is 15.0. The highest BCUT2D eigenvalue weighted by atomic mass is 16.3. The summed E-state index contributed by atoms with van der Waals surface area (Å²) in [7, 11) is 0. The number of rotatable bonds is 5. The predicted octanol–water partition coefficient (Wildman–Crippen LogP) is 2.39. The molecule has 0 radical (unpaired) electrons. The smallest absolute Gasteiger partial charge is 0.152 e. The molecule has 3 rings (SSSR count). The van der Waals surface area contributed by atoms with Crippen molar-refractivity contribution in [2.45, 2.75) is 51.8 Å². The highest BCUT2D eigenvalue weighted by Crippen LogP contribution is 2.19. The monoisotopic (exact) mass is 300 g/mol. The molecule has 0 fully saturated rings. The van der Waals surface area contributed by atoms with Gasteiger partial charge in [-0.15, -0.1) is 10.2 Å². The number of hydrogen-bond acceptors (Lipinski definition) is 4. The van der Waals surface area contributed by atoms with Crippen LogP contribution in [0.2, 0.25) is 0 Å². The van der Waals surface area contributed by atoms with Crippen molar-refractivity contribution in [2.24, 2.45) is 0 Å². The summed E-state index contributed by atoms with van der Waals surface area (Å²) in [4.78, 5) is 2.17. The Morgan fingerprint density at radius 2 is 2.00 bits per heavy atom. The van der Waals surface area contributed by atoms with Crippen molar-refractivity contribution >= 4 is 5.69 Å². The minimum atomic E-state index is -0.383. The van der Waals surface area contributed by atoms with Crippen LogP contribution in [-0.4, -0.2) is 32.5 Å². The summed E-state index contributed by atoms with van der Waals surface area (Å²) in [6, 6.07) is 10.2. The summed E-state index contributed by atoms with van der Waals surface area (Å²) in [5, 5.41) is 18.6. The van der Waals surface area contributed by atoms with Crippen LogP contribution in [0, 0.1) is 0 Å². The second-order valence-corrected chi connectivity index (χ2v) is 6.06. The van der Waals surface area contributed by atoms with Crippen LogP contribution in [0.4, 0.5) is 5.69 Å². The SMILES string of the molecule is C[C@@H](O)CN(Cc1nnc2n1CCCCC2)c1ccccc1. The van der Waals surface area contributed by atoms with E-state index in [1.165, 1.54) is 19.3 Å². The average Bonchev–Trinajstić information content (AvgIpc) is 2.75. The molecule has 0 unspecified atom stereocenters. The van der Waals surface area contributed by atoms with E-state index < -0.39 is 0 Å². The number of fused-ring (bicyclic) bond motifs is 1. The number of para-hydroxylation sites is 1. The van der Waals surface area contributed by atoms with E-state index in [1.54, 1.807) is 0 Å². The third-order valence-corrected chi connectivity index (χ3v) is 4.12. The van der Waals surface area contributed by atoms with Gasteiger partial charge in [0, 0.05) is 25.2 Å². The van der Waals surface area contributed by atoms with Crippen LogP contribution in [0.15, 0.2) is 30.3 Å². The lowest BCUT2D eigenvalue weighted by Gasteiger charge is -2.26. The Bertz CT molecular complexity index is 594. The number of hydrogen-bond donors (Lipinski definition) is 1. The topological polar surface area (TPSA) is 54.2 Å². The Labute approximate surface area is 131 Å². The van der Waals surface area contributed by atoms with E-state index in [-0.39, 0.29) is 6.10 Å². The number of aromatic nitrogens is 3. The van der Waals surface area contributed by atoms with Crippen LogP contribution in [0.3, 0.4) is 0 Å². The van der Waals surface area contributed by atoms with Crippen molar-refractivity contribution < 1.29 is 5.11 Å². The number of aryl methyl sites for hydroxylation is 1. The second kappa shape index (κ2) is 6.92. The van der Waals surface area contributed by atoms with Gasteiger partial charge in [-0.1, -0.05) is 24.6 Å². The molecule has 5 nitrogen and oxygen atoms in total. The molecular weight excluding hydrogens is 276 g/mol. The number of anilines is 1. The van der Waals surface area contributed by atoms with Gasteiger partial charge in [0.15, 0.2) is 5.82 Å². The van der Waals surface area contributed by atoms with Gasteiger partial charge in [-0.2, -0.15) is 0 Å². The van der Waals surface area contributed by atoms with Crippen LogP contribution < -0.4 is 4.90 Å². The van der Waals surface area contributed by atoms with E-state index in [4.69, 9.17) is 0 Å². The van der Waals surface area contributed by atoms with Crippen LogP contribution in [0.1, 0.15) is 37.8 Å². The molecule has 1 aromatic carbocycles. The van der Waals surface area contributed by atoms with Crippen LogP contribution in [0.5, 0.6) is 0 Å². The quantitative estimate of drug-likeness (QED) is 0.921. The zero-order chi connectivity index (χ0) is 15.4. The molecule has 22 heavy (non-hydrogen) atoms. The van der Waals surface area contributed by atoms with Gasteiger partial charge in [0.1, 0.15) is 5.82 Å². The molecule has 1 aliphatic heterocycles. The Balaban J connectivity index is 1.83. The summed E-state index contributed by atoms with van der Waals surface area (Å²) >= 11 is 0. The van der Waals surface area contributed by atoms with E-state index in [0.717, 1.165) is 30.3 Å². The first-order valence-corrected chi connectivity index (χ1v) is 8.13. The highest BCUT2D eigenvalue weighted by molar-refractivity contribution is 5.46. The van der Waals surface area contributed by atoms with Crippen molar-refractivity contribution in [3.05, 3.63) is 42.0 Å². The largest absolute Gasteiger partial charge is 0.392 e. The molecule has 1 N–H and O–H groups in total. The Hall–Kier alpha value is -1.88. The van der Waals surface area contributed by atoms with E-state index in [0.29, 0.717) is 13.1 Å². The van der Waals surface area contributed by atoms with Crippen molar-refractivity contribution in [1.82, 2.24) is 14.8 Å².